The second-order valence-corrected chi connectivity index (χ2v) is 5.23. The van der Waals surface area contributed by atoms with E-state index in [0.29, 0.717) is 12.6 Å². The second-order valence-electron chi connectivity index (χ2n) is 5.23. The Morgan fingerprint density at radius 2 is 2.25 bits per heavy atom. The smallest absolute Gasteiger partial charge is 0.123 e. The van der Waals surface area contributed by atoms with Crippen LogP contribution in [-0.4, -0.2) is 32.3 Å². The molecule has 4 heteroatoms. The van der Waals surface area contributed by atoms with Gasteiger partial charge in [0, 0.05) is 31.9 Å². The maximum atomic E-state index is 13.5. The molecular weight excluding hydrogens is 255 g/mol. The summed E-state index contributed by atoms with van der Waals surface area (Å²) in [5.41, 5.74) is 2.14. The molecule has 0 aromatic heterocycles. The molecule has 3 nitrogen and oxygen atoms in total. The molecule has 20 heavy (non-hydrogen) atoms. The third-order valence-corrected chi connectivity index (χ3v) is 3.78. The lowest BCUT2D eigenvalue weighted by Crippen LogP contribution is -2.33. The van der Waals surface area contributed by atoms with Crippen molar-refractivity contribution >= 4 is 5.69 Å². The monoisotopic (exact) mass is 280 g/mol. The average Bonchev–Trinajstić information content (AvgIpc) is 2.96. The van der Waals surface area contributed by atoms with Crippen LogP contribution in [0.3, 0.4) is 0 Å². The molecule has 0 aliphatic carbocycles. The van der Waals surface area contributed by atoms with Gasteiger partial charge < -0.3 is 15.0 Å². The number of halogens is 1. The van der Waals surface area contributed by atoms with E-state index in [4.69, 9.17) is 4.74 Å². The van der Waals surface area contributed by atoms with Gasteiger partial charge in [0.05, 0.1) is 6.10 Å². The summed E-state index contributed by atoms with van der Waals surface area (Å²) in [6.07, 6.45) is 2.59. The summed E-state index contributed by atoms with van der Waals surface area (Å²) in [5, 5.41) is 3.28. The van der Waals surface area contributed by atoms with Crippen molar-refractivity contribution in [1.29, 1.82) is 0 Å². The zero-order valence-electron chi connectivity index (χ0n) is 12.5. The summed E-state index contributed by atoms with van der Waals surface area (Å²) >= 11 is 0. The summed E-state index contributed by atoms with van der Waals surface area (Å²) in [7, 11) is 0. The second kappa shape index (κ2) is 7.60. The van der Waals surface area contributed by atoms with Crippen LogP contribution in [0.25, 0.3) is 0 Å². The van der Waals surface area contributed by atoms with Gasteiger partial charge in [0.25, 0.3) is 0 Å². The fourth-order valence-corrected chi connectivity index (χ4v) is 2.70. The Labute approximate surface area is 121 Å². The number of likely N-dealkylation sites (N-methyl/N-ethyl adjacent to an activating group) is 1. The minimum absolute atomic E-state index is 0.171. The van der Waals surface area contributed by atoms with Crippen LogP contribution in [0.4, 0.5) is 10.1 Å². The Hall–Kier alpha value is -1.13. The molecule has 1 fully saturated rings. The first-order valence-corrected chi connectivity index (χ1v) is 7.60. The van der Waals surface area contributed by atoms with Gasteiger partial charge in [0.2, 0.25) is 0 Å². The molecule has 1 atom stereocenters. The van der Waals surface area contributed by atoms with Gasteiger partial charge in [-0.3, -0.25) is 0 Å². The van der Waals surface area contributed by atoms with E-state index in [0.717, 1.165) is 50.3 Å². The van der Waals surface area contributed by atoms with Crippen molar-refractivity contribution in [2.45, 2.75) is 39.3 Å². The van der Waals surface area contributed by atoms with Crippen LogP contribution in [0.2, 0.25) is 0 Å². The van der Waals surface area contributed by atoms with Gasteiger partial charge in [-0.05, 0) is 50.1 Å². The Bertz CT molecular complexity index is 419. The van der Waals surface area contributed by atoms with E-state index in [9.17, 15) is 4.39 Å². The van der Waals surface area contributed by atoms with Gasteiger partial charge in [-0.1, -0.05) is 6.92 Å². The summed E-state index contributed by atoms with van der Waals surface area (Å²) in [4.78, 5) is 2.29. The predicted molar refractivity (Wildman–Crippen MR) is 80.6 cm³/mol. The first-order valence-electron chi connectivity index (χ1n) is 7.60. The molecule has 1 aliphatic rings. The van der Waals surface area contributed by atoms with Crippen LogP contribution in [0.15, 0.2) is 18.2 Å². The molecule has 112 valence electrons. The van der Waals surface area contributed by atoms with Gasteiger partial charge in [-0.15, -0.1) is 0 Å². The van der Waals surface area contributed by atoms with E-state index in [-0.39, 0.29) is 5.82 Å². The van der Waals surface area contributed by atoms with Crippen molar-refractivity contribution in [2.24, 2.45) is 0 Å². The Morgan fingerprint density at radius 1 is 1.40 bits per heavy atom. The first-order chi connectivity index (χ1) is 9.74. The normalized spacial score (nSPS) is 18.4. The van der Waals surface area contributed by atoms with Crippen molar-refractivity contribution in [3.63, 3.8) is 0 Å². The summed E-state index contributed by atoms with van der Waals surface area (Å²) in [5.74, 6) is -0.171. The van der Waals surface area contributed by atoms with E-state index in [1.165, 1.54) is 0 Å². The number of hydrogen-bond acceptors (Lipinski definition) is 3. The number of nitrogens with zero attached hydrogens (tertiary/aromatic N) is 1. The molecule has 0 saturated carbocycles. The zero-order chi connectivity index (χ0) is 14.4. The maximum Gasteiger partial charge on any atom is 0.123 e. The Morgan fingerprint density at radius 3 is 2.90 bits per heavy atom. The fourth-order valence-electron chi connectivity index (χ4n) is 2.70. The number of nitrogens with one attached hydrogen (secondary N) is 1. The quantitative estimate of drug-likeness (QED) is 0.831. The van der Waals surface area contributed by atoms with E-state index < -0.39 is 0 Å². The summed E-state index contributed by atoms with van der Waals surface area (Å²) in [6, 6.07) is 5.07. The highest BCUT2D eigenvalue weighted by Crippen LogP contribution is 2.24. The van der Waals surface area contributed by atoms with Crippen LogP contribution in [0.1, 0.15) is 32.3 Å². The molecule has 1 aromatic rings. The SMILES string of the molecule is CCNCc1cc(F)ccc1N(CC)CC1CCCO1. The molecule has 0 amide bonds. The molecule has 1 unspecified atom stereocenters. The number of hydrogen-bond donors (Lipinski definition) is 1. The lowest BCUT2D eigenvalue weighted by atomic mass is 10.1. The minimum atomic E-state index is -0.171. The lowest BCUT2D eigenvalue weighted by molar-refractivity contribution is 0.115. The maximum absolute atomic E-state index is 13.5. The lowest BCUT2D eigenvalue weighted by Gasteiger charge is -2.28. The predicted octanol–water partition coefficient (Wildman–Crippen LogP) is 2.94. The van der Waals surface area contributed by atoms with Gasteiger partial charge >= 0.3 is 0 Å². The number of anilines is 1. The fraction of sp³-hybridized carbons (Fsp3) is 0.625. The summed E-state index contributed by atoms with van der Waals surface area (Å²) < 4.78 is 19.2. The zero-order valence-corrected chi connectivity index (χ0v) is 12.5. The number of benzene rings is 1. The number of rotatable bonds is 7. The highest BCUT2D eigenvalue weighted by atomic mass is 19.1. The molecule has 0 radical (unpaired) electrons. The third-order valence-electron chi connectivity index (χ3n) is 3.78. The highest BCUT2D eigenvalue weighted by molar-refractivity contribution is 5.54. The van der Waals surface area contributed by atoms with Crippen LogP contribution >= 0.6 is 0 Å². The highest BCUT2D eigenvalue weighted by Gasteiger charge is 2.20. The van der Waals surface area contributed by atoms with Crippen molar-refractivity contribution < 1.29 is 9.13 Å². The summed E-state index contributed by atoms with van der Waals surface area (Å²) in [6.45, 7) is 8.44. The van der Waals surface area contributed by atoms with E-state index in [1.54, 1.807) is 12.1 Å². The topological polar surface area (TPSA) is 24.5 Å². The van der Waals surface area contributed by atoms with E-state index in [2.05, 4.69) is 24.1 Å². The number of ether oxygens (including phenoxy) is 1. The van der Waals surface area contributed by atoms with Crippen LogP contribution in [0.5, 0.6) is 0 Å². The molecule has 1 saturated heterocycles. The van der Waals surface area contributed by atoms with Crippen LogP contribution in [0, 0.1) is 5.82 Å². The van der Waals surface area contributed by atoms with E-state index >= 15 is 0 Å². The standard InChI is InChI=1S/C16H25FN2O/c1-3-18-11-13-10-14(17)7-8-16(13)19(4-2)12-15-6-5-9-20-15/h7-8,10,15,18H,3-6,9,11-12H2,1-2H3. The Balaban J connectivity index is 2.13. The molecule has 1 aromatic carbocycles. The van der Waals surface area contributed by atoms with Crippen molar-refractivity contribution in [3.8, 4) is 0 Å². The molecule has 0 bridgehead atoms. The van der Waals surface area contributed by atoms with Gasteiger partial charge in [0.1, 0.15) is 5.82 Å². The Kier molecular flexibility index (Phi) is 5.80. The van der Waals surface area contributed by atoms with Gasteiger partial charge in [-0.2, -0.15) is 0 Å². The molecule has 1 N–H and O–H groups in total. The molecule has 1 aliphatic heterocycles. The minimum Gasteiger partial charge on any atom is -0.376 e. The average molecular weight is 280 g/mol. The van der Waals surface area contributed by atoms with Crippen LogP contribution < -0.4 is 10.2 Å². The first kappa shape index (κ1) is 15.3. The van der Waals surface area contributed by atoms with Crippen molar-refractivity contribution in [3.05, 3.63) is 29.6 Å². The molecular formula is C16H25FN2O. The van der Waals surface area contributed by atoms with Gasteiger partial charge in [0.15, 0.2) is 0 Å². The van der Waals surface area contributed by atoms with Crippen molar-refractivity contribution in [1.82, 2.24) is 5.32 Å². The molecule has 2 rings (SSSR count). The van der Waals surface area contributed by atoms with Crippen LogP contribution in [-0.2, 0) is 11.3 Å². The van der Waals surface area contributed by atoms with Crippen molar-refractivity contribution in [2.75, 3.05) is 31.1 Å². The molecule has 1 heterocycles. The third kappa shape index (κ3) is 3.93. The molecule has 0 spiro atoms. The van der Waals surface area contributed by atoms with Gasteiger partial charge in [-0.25, -0.2) is 4.39 Å². The largest absolute Gasteiger partial charge is 0.376 e. The van der Waals surface area contributed by atoms with E-state index in [1.807, 2.05) is 6.07 Å².